The first kappa shape index (κ1) is 31.3. The number of ether oxygens (including phenoxy) is 4. The first-order chi connectivity index (χ1) is 19.7. The Morgan fingerprint density at radius 1 is 0.810 bits per heavy atom. The van der Waals surface area contributed by atoms with Crippen LogP contribution in [-0.2, 0) is 28.6 Å². The van der Waals surface area contributed by atoms with Crippen LogP contribution in [0.25, 0.3) is 6.08 Å². The normalized spacial score (nSPS) is 26.1. The van der Waals surface area contributed by atoms with Crippen LogP contribution in [-0.4, -0.2) is 59.8 Å². The fourth-order valence-electron chi connectivity index (χ4n) is 6.31. The van der Waals surface area contributed by atoms with Gasteiger partial charge in [0.2, 0.25) is 0 Å². The van der Waals surface area contributed by atoms with Crippen molar-refractivity contribution in [1.29, 1.82) is 0 Å². The monoisotopic (exact) mass is 577 g/mol. The summed E-state index contributed by atoms with van der Waals surface area (Å²) in [5, 5.41) is 0. The molecule has 2 heterocycles. The summed E-state index contributed by atoms with van der Waals surface area (Å²) in [6.45, 7) is 10.9. The molecular weight excluding hydrogens is 534 g/mol. The Bertz CT molecular complexity index is 1320. The van der Waals surface area contributed by atoms with Gasteiger partial charge < -0.3 is 18.9 Å². The molecule has 2 aliphatic heterocycles. The van der Waals surface area contributed by atoms with Gasteiger partial charge in [0.25, 0.3) is 0 Å². The third kappa shape index (κ3) is 6.38. The second-order valence-corrected chi connectivity index (χ2v) is 13.1. The molecule has 4 rings (SSSR count). The lowest BCUT2D eigenvalue weighted by Crippen LogP contribution is -2.49. The van der Waals surface area contributed by atoms with Crippen molar-refractivity contribution in [3.63, 3.8) is 0 Å². The van der Waals surface area contributed by atoms with Crippen molar-refractivity contribution in [2.45, 2.75) is 83.2 Å². The molecule has 5 atom stereocenters. The highest BCUT2D eigenvalue weighted by atomic mass is 16.6. The number of fused-ring (bicyclic) bond motifs is 1. The number of benzene rings is 2. The Kier molecular flexibility index (Phi) is 8.88. The van der Waals surface area contributed by atoms with Crippen LogP contribution in [0, 0.1) is 11.8 Å². The largest absolute Gasteiger partial charge is 0.496 e. The minimum Gasteiger partial charge on any atom is -0.496 e. The van der Waals surface area contributed by atoms with Crippen LogP contribution in [0.15, 0.2) is 60.7 Å². The molecule has 2 aromatic carbocycles. The number of esters is 3. The maximum absolute atomic E-state index is 13.9. The summed E-state index contributed by atoms with van der Waals surface area (Å²) in [6.07, 6.45) is 4.12. The molecule has 0 amide bonds. The third-order valence-electron chi connectivity index (χ3n) is 7.75. The van der Waals surface area contributed by atoms with Gasteiger partial charge in [0.05, 0.1) is 32.1 Å². The summed E-state index contributed by atoms with van der Waals surface area (Å²) >= 11 is 0. The topological polar surface area (TPSA) is 91.4 Å². The molecule has 0 aromatic heterocycles. The molecule has 8 heteroatoms. The van der Waals surface area contributed by atoms with Gasteiger partial charge >= 0.3 is 17.9 Å². The molecular formula is C34H43NO7. The van der Waals surface area contributed by atoms with E-state index in [9.17, 15) is 14.4 Å². The van der Waals surface area contributed by atoms with E-state index in [4.69, 9.17) is 18.9 Å². The molecule has 0 N–H and O–H groups in total. The Labute approximate surface area is 249 Å². The van der Waals surface area contributed by atoms with E-state index in [1.807, 2.05) is 113 Å². The average Bonchev–Trinajstić information content (AvgIpc) is 3.43. The van der Waals surface area contributed by atoms with Gasteiger partial charge in [-0.25, -0.2) is 0 Å². The molecule has 42 heavy (non-hydrogen) atoms. The lowest BCUT2D eigenvalue weighted by atomic mass is 9.83. The van der Waals surface area contributed by atoms with Crippen molar-refractivity contribution in [1.82, 2.24) is 4.90 Å². The zero-order valence-electron chi connectivity index (χ0n) is 25.9. The van der Waals surface area contributed by atoms with E-state index in [0.717, 1.165) is 11.1 Å². The summed E-state index contributed by atoms with van der Waals surface area (Å²) < 4.78 is 23.0. The van der Waals surface area contributed by atoms with Crippen molar-refractivity contribution in [2.24, 2.45) is 11.8 Å². The van der Waals surface area contributed by atoms with Gasteiger partial charge in [-0.15, -0.1) is 0 Å². The highest BCUT2D eigenvalue weighted by Gasteiger charge is 2.68. The van der Waals surface area contributed by atoms with Crippen LogP contribution < -0.4 is 4.74 Å². The standard InChI is InChI=1S/C34H43NO7/c1-32(2,3)41-29(36)24-20-34(31(38)40-8)21-25(30(37)42-33(4,5)6)28(23-16-12-13-17-27(23)39-7)35(34)26(24)19-18-22-14-10-9-11-15-22/h9-19,24-26,28H,20-21H2,1-8H3/b19-18+/t24-,25-,26-,28-,34-/m1/s1. The summed E-state index contributed by atoms with van der Waals surface area (Å²) in [5.74, 6) is -2.18. The molecule has 2 aromatic rings. The van der Waals surface area contributed by atoms with Crippen molar-refractivity contribution < 1.29 is 33.3 Å². The second kappa shape index (κ2) is 11.9. The minimum absolute atomic E-state index is 0.117. The summed E-state index contributed by atoms with van der Waals surface area (Å²) in [5.41, 5.74) is -1.08. The van der Waals surface area contributed by atoms with Gasteiger partial charge in [0, 0.05) is 11.6 Å². The van der Waals surface area contributed by atoms with Crippen LogP contribution in [0.1, 0.15) is 71.6 Å². The van der Waals surface area contributed by atoms with E-state index in [2.05, 4.69) is 0 Å². The van der Waals surface area contributed by atoms with Gasteiger partial charge in [-0.05, 0) is 66.0 Å². The van der Waals surface area contributed by atoms with Crippen LogP contribution in [0.2, 0.25) is 0 Å². The van der Waals surface area contributed by atoms with E-state index >= 15 is 0 Å². The van der Waals surface area contributed by atoms with E-state index in [-0.39, 0.29) is 12.8 Å². The highest BCUT2D eigenvalue weighted by Crippen LogP contribution is 2.58. The molecule has 0 saturated carbocycles. The predicted molar refractivity (Wildman–Crippen MR) is 159 cm³/mol. The molecule has 2 aliphatic rings. The second-order valence-electron chi connectivity index (χ2n) is 13.1. The molecule has 0 radical (unpaired) electrons. The Balaban J connectivity index is 1.94. The van der Waals surface area contributed by atoms with Crippen LogP contribution in [0.3, 0.4) is 0 Å². The average molecular weight is 578 g/mol. The number of carbonyl (C=O) groups excluding carboxylic acids is 3. The molecule has 2 fully saturated rings. The number of rotatable bonds is 7. The van der Waals surface area contributed by atoms with Gasteiger partial charge in [-0.2, -0.15) is 0 Å². The van der Waals surface area contributed by atoms with E-state index in [0.29, 0.717) is 5.75 Å². The number of nitrogens with zero attached hydrogens (tertiary/aromatic N) is 1. The Morgan fingerprint density at radius 2 is 1.36 bits per heavy atom. The third-order valence-corrected chi connectivity index (χ3v) is 7.75. The van der Waals surface area contributed by atoms with Gasteiger partial charge in [-0.1, -0.05) is 60.7 Å². The predicted octanol–water partition coefficient (Wildman–Crippen LogP) is 5.76. The molecule has 0 spiro atoms. The van der Waals surface area contributed by atoms with Crippen LogP contribution >= 0.6 is 0 Å². The maximum Gasteiger partial charge on any atom is 0.326 e. The van der Waals surface area contributed by atoms with E-state index in [1.165, 1.54) is 7.11 Å². The molecule has 0 bridgehead atoms. The van der Waals surface area contributed by atoms with Crippen LogP contribution in [0.4, 0.5) is 0 Å². The number of carbonyl (C=O) groups is 3. The minimum atomic E-state index is -1.28. The highest BCUT2D eigenvalue weighted by molar-refractivity contribution is 5.88. The van der Waals surface area contributed by atoms with Crippen molar-refractivity contribution in [3.05, 3.63) is 71.8 Å². The van der Waals surface area contributed by atoms with Crippen LogP contribution in [0.5, 0.6) is 5.75 Å². The van der Waals surface area contributed by atoms with E-state index < -0.39 is 58.6 Å². The lowest BCUT2D eigenvalue weighted by Gasteiger charge is -2.37. The summed E-state index contributed by atoms with van der Waals surface area (Å²) in [7, 11) is 2.91. The fourth-order valence-corrected chi connectivity index (χ4v) is 6.31. The smallest absolute Gasteiger partial charge is 0.326 e. The van der Waals surface area contributed by atoms with E-state index in [1.54, 1.807) is 7.11 Å². The SMILES string of the molecule is COC(=O)[C@]12C[C@@H](C(=O)OC(C)(C)C)[C@@H](/C=C/c3ccccc3)N1[C@H](c1ccccc1OC)[C@H](C(=O)OC(C)(C)C)C2. The molecule has 226 valence electrons. The Morgan fingerprint density at radius 3 is 1.93 bits per heavy atom. The van der Waals surface area contributed by atoms with Gasteiger partial charge in [0.15, 0.2) is 0 Å². The molecule has 0 unspecified atom stereocenters. The van der Waals surface area contributed by atoms with Gasteiger partial charge in [-0.3, -0.25) is 19.3 Å². The lowest BCUT2D eigenvalue weighted by molar-refractivity contribution is -0.161. The molecule has 0 aliphatic carbocycles. The first-order valence-corrected chi connectivity index (χ1v) is 14.4. The first-order valence-electron chi connectivity index (χ1n) is 14.4. The molecule has 2 saturated heterocycles. The Hall–Kier alpha value is -3.65. The zero-order valence-corrected chi connectivity index (χ0v) is 25.9. The maximum atomic E-state index is 13.9. The fraction of sp³-hybridized carbons (Fsp3) is 0.500. The number of hydrogen-bond acceptors (Lipinski definition) is 8. The van der Waals surface area contributed by atoms with Crippen molar-refractivity contribution in [3.8, 4) is 5.75 Å². The number of methoxy groups -OCH3 is 2. The molecule has 8 nitrogen and oxygen atoms in total. The van der Waals surface area contributed by atoms with Crippen molar-refractivity contribution >= 4 is 24.0 Å². The number of hydrogen-bond donors (Lipinski definition) is 0. The quantitative estimate of drug-likeness (QED) is 0.303. The summed E-state index contributed by atoms with van der Waals surface area (Å²) in [6, 6.07) is 15.9. The number of para-hydroxylation sites is 1. The zero-order chi connectivity index (χ0) is 30.9. The van der Waals surface area contributed by atoms with Crippen molar-refractivity contribution in [2.75, 3.05) is 14.2 Å². The summed E-state index contributed by atoms with van der Waals surface area (Å²) in [4.78, 5) is 43.5. The van der Waals surface area contributed by atoms with Gasteiger partial charge in [0.1, 0.15) is 22.5 Å².